The summed E-state index contributed by atoms with van der Waals surface area (Å²) in [6.07, 6.45) is 8.86. The molecule has 6 heteroatoms. The lowest BCUT2D eigenvalue weighted by Crippen LogP contribution is -1.95. The summed E-state index contributed by atoms with van der Waals surface area (Å²) >= 11 is 6.29. The van der Waals surface area contributed by atoms with Crippen LogP contribution in [-0.4, -0.2) is 19.5 Å². The zero-order valence-corrected chi connectivity index (χ0v) is 15.9. The highest BCUT2D eigenvalue weighted by Gasteiger charge is 2.11. The van der Waals surface area contributed by atoms with Gasteiger partial charge in [-0.05, 0) is 41.3 Å². The molecule has 0 saturated heterocycles. The molecule has 0 aliphatic heterocycles. The lowest BCUT2D eigenvalue weighted by molar-refractivity contribution is 0.969. The van der Waals surface area contributed by atoms with Crippen molar-refractivity contribution >= 4 is 44.9 Å². The van der Waals surface area contributed by atoms with Crippen LogP contribution in [-0.2, 0) is 7.05 Å². The van der Waals surface area contributed by atoms with Crippen molar-refractivity contribution in [2.75, 3.05) is 5.32 Å². The number of aromatic nitrogens is 4. The Morgan fingerprint density at radius 3 is 2.75 bits per heavy atom. The van der Waals surface area contributed by atoms with Gasteiger partial charge in [-0.3, -0.25) is 15.0 Å². The number of pyridine rings is 1. The topological polar surface area (TPSA) is 55.6 Å². The summed E-state index contributed by atoms with van der Waals surface area (Å²) in [5, 5.41) is 5.17. The number of aryl methyl sites for hydroxylation is 1. The molecule has 1 N–H and O–H groups in total. The number of fused-ring (bicyclic) bond motifs is 2. The van der Waals surface area contributed by atoms with Crippen molar-refractivity contribution in [2.45, 2.75) is 0 Å². The molecule has 5 aromatic rings. The summed E-state index contributed by atoms with van der Waals surface area (Å²) in [6.45, 7) is 0. The highest BCUT2D eigenvalue weighted by Crippen LogP contribution is 2.34. The molecule has 28 heavy (non-hydrogen) atoms. The summed E-state index contributed by atoms with van der Waals surface area (Å²) in [4.78, 5) is 13.2. The monoisotopic (exact) mass is 385 g/mol. The third kappa shape index (κ3) is 2.86. The molecule has 0 saturated carbocycles. The fraction of sp³-hybridized carbons (Fsp3) is 0.0455. The van der Waals surface area contributed by atoms with E-state index >= 15 is 0 Å². The second kappa shape index (κ2) is 6.62. The summed E-state index contributed by atoms with van der Waals surface area (Å²) in [7, 11) is 2.05. The Labute approximate surface area is 166 Å². The van der Waals surface area contributed by atoms with Gasteiger partial charge in [0, 0.05) is 48.6 Å². The van der Waals surface area contributed by atoms with Crippen LogP contribution in [0.5, 0.6) is 0 Å². The molecular formula is C22H16ClN5. The van der Waals surface area contributed by atoms with Crippen LogP contribution in [0.1, 0.15) is 0 Å². The Balaban J connectivity index is 1.70. The normalized spacial score (nSPS) is 11.2. The number of benzene rings is 2. The molecule has 0 unspecified atom stereocenters. The van der Waals surface area contributed by atoms with E-state index in [0.29, 0.717) is 5.02 Å². The first-order valence-electron chi connectivity index (χ1n) is 8.86. The zero-order valence-electron chi connectivity index (χ0n) is 15.1. The first-order valence-corrected chi connectivity index (χ1v) is 9.23. The molecule has 0 radical (unpaired) electrons. The molecule has 0 amide bonds. The molecule has 0 spiro atoms. The maximum atomic E-state index is 6.29. The van der Waals surface area contributed by atoms with E-state index in [4.69, 9.17) is 11.6 Å². The number of halogens is 1. The van der Waals surface area contributed by atoms with Gasteiger partial charge in [-0.25, -0.2) is 0 Å². The Bertz CT molecular complexity index is 1330. The molecule has 3 heterocycles. The van der Waals surface area contributed by atoms with Gasteiger partial charge in [0.25, 0.3) is 0 Å². The van der Waals surface area contributed by atoms with Crippen molar-refractivity contribution in [1.82, 2.24) is 19.5 Å². The van der Waals surface area contributed by atoms with Crippen LogP contribution in [0.4, 0.5) is 11.4 Å². The van der Waals surface area contributed by atoms with Crippen LogP contribution in [0.15, 0.2) is 73.4 Å². The maximum Gasteiger partial charge on any atom is 0.0966 e. The minimum Gasteiger partial charge on any atom is -0.353 e. The van der Waals surface area contributed by atoms with Crippen molar-refractivity contribution in [1.29, 1.82) is 0 Å². The van der Waals surface area contributed by atoms with Crippen molar-refractivity contribution < 1.29 is 0 Å². The van der Waals surface area contributed by atoms with Crippen molar-refractivity contribution in [3.63, 3.8) is 0 Å². The van der Waals surface area contributed by atoms with Gasteiger partial charge in [-0.2, -0.15) is 0 Å². The Kier molecular flexibility index (Phi) is 3.95. The van der Waals surface area contributed by atoms with Crippen LogP contribution in [0, 0.1) is 0 Å². The first kappa shape index (κ1) is 16.7. The lowest BCUT2D eigenvalue weighted by Gasteiger charge is -2.12. The summed E-state index contributed by atoms with van der Waals surface area (Å²) in [5.74, 6) is 0. The van der Waals surface area contributed by atoms with Crippen LogP contribution in [0.2, 0.25) is 5.02 Å². The summed E-state index contributed by atoms with van der Waals surface area (Å²) < 4.78 is 2.12. The van der Waals surface area contributed by atoms with E-state index in [9.17, 15) is 0 Å². The minimum absolute atomic E-state index is 0.612. The summed E-state index contributed by atoms with van der Waals surface area (Å²) in [6, 6.07) is 14.3. The highest BCUT2D eigenvalue weighted by molar-refractivity contribution is 6.33. The highest BCUT2D eigenvalue weighted by atomic mass is 35.5. The van der Waals surface area contributed by atoms with Crippen LogP contribution in [0.25, 0.3) is 33.1 Å². The quantitative estimate of drug-likeness (QED) is 0.440. The van der Waals surface area contributed by atoms with Gasteiger partial charge in [0.2, 0.25) is 0 Å². The number of rotatable bonds is 3. The molecule has 0 aliphatic rings. The van der Waals surface area contributed by atoms with Crippen LogP contribution >= 0.6 is 11.6 Å². The van der Waals surface area contributed by atoms with Gasteiger partial charge in [-0.15, -0.1) is 0 Å². The standard InChI is InChI=1S/C22H16ClN5/c1-28-9-5-14-2-3-15(10-21(14)28)17-11-16(12-19-22(17)26-8-7-25-19)27-20-13-24-6-4-18(20)23/h2-13,27H,1H3. The van der Waals surface area contributed by atoms with Gasteiger partial charge >= 0.3 is 0 Å². The van der Waals surface area contributed by atoms with E-state index in [1.165, 1.54) is 10.9 Å². The largest absolute Gasteiger partial charge is 0.353 e. The molecule has 136 valence electrons. The molecule has 5 rings (SSSR count). The van der Waals surface area contributed by atoms with Gasteiger partial charge < -0.3 is 9.88 Å². The van der Waals surface area contributed by atoms with E-state index in [1.807, 2.05) is 13.1 Å². The van der Waals surface area contributed by atoms with Crippen molar-refractivity contribution in [3.05, 3.63) is 78.5 Å². The Morgan fingerprint density at radius 1 is 0.964 bits per heavy atom. The van der Waals surface area contributed by atoms with E-state index in [1.54, 1.807) is 30.9 Å². The molecule has 5 nitrogen and oxygen atoms in total. The predicted molar refractivity (Wildman–Crippen MR) is 114 cm³/mol. The van der Waals surface area contributed by atoms with Gasteiger partial charge in [0.05, 0.1) is 27.9 Å². The fourth-order valence-electron chi connectivity index (χ4n) is 3.42. The second-order valence-corrected chi connectivity index (χ2v) is 7.04. The first-order chi connectivity index (χ1) is 13.7. The molecule has 0 aliphatic carbocycles. The molecule has 2 aromatic carbocycles. The van der Waals surface area contributed by atoms with E-state index in [0.717, 1.165) is 33.5 Å². The number of hydrogen-bond donors (Lipinski definition) is 1. The Morgan fingerprint density at radius 2 is 1.86 bits per heavy atom. The third-order valence-electron chi connectivity index (χ3n) is 4.82. The predicted octanol–water partition coefficient (Wildman–Crippen LogP) is 5.58. The lowest BCUT2D eigenvalue weighted by atomic mass is 10.0. The van der Waals surface area contributed by atoms with Gasteiger partial charge in [0.1, 0.15) is 0 Å². The van der Waals surface area contributed by atoms with Gasteiger partial charge in [-0.1, -0.05) is 23.7 Å². The average Bonchev–Trinajstić information content (AvgIpc) is 3.09. The molecular weight excluding hydrogens is 370 g/mol. The molecule has 0 bridgehead atoms. The zero-order chi connectivity index (χ0) is 19.1. The SMILES string of the molecule is Cn1ccc2ccc(-c3cc(Nc4cnccc4Cl)cc4nccnc34)cc21. The van der Waals surface area contributed by atoms with Crippen molar-refractivity contribution in [2.24, 2.45) is 7.05 Å². The molecule has 0 fully saturated rings. The van der Waals surface area contributed by atoms with E-state index < -0.39 is 0 Å². The number of nitrogens with zero attached hydrogens (tertiary/aromatic N) is 4. The number of anilines is 2. The van der Waals surface area contributed by atoms with E-state index in [-0.39, 0.29) is 0 Å². The number of nitrogens with one attached hydrogen (secondary N) is 1. The van der Waals surface area contributed by atoms with Gasteiger partial charge in [0.15, 0.2) is 0 Å². The maximum absolute atomic E-state index is 6.29. The fourth-order valence-corrected chi connectivity index (χ4v) is 3.57. The number of hydrogen-bond acceptors (Lipinski definition) is 4. The average molecular weight is 386 g/mol. The van der Waals surface area contributed by atoms with Crippen LogP contribution < -0.4 is 5.32 Å². The summed E-state index contributed by atoms with van der Waals surface area (Å²) in [5.41, 5.74) is 6.56. The smallest absolute Gasteiger partial charge is 0.0966 e. The molecule has 3 aromatic heterocycles. The van der Waals surface area contributed by atoms with Crippen molar-refractivity contribution in [3.8, 4) is 11.1 Å². The minimum atomic E-state index is 0.612. The molecule has 0 atom stereocenters. The van der Waals surface area contributed by atoms with E-state index in [2.05, 4.69) is 61.4 Å². The third-order valence-corrected chi connectivity index (χ3v) is 5.15. The Hall–Kier alpha value is -3.44. The van der Waals surface area contributed by atoms with Crippen LogP contribution in [0.3, 0.4) is 0 Å². The second-order valence-electron chi connectivity index (χ2n) is 6.63.